The minimum atomic E-state index is -0.361. The highest BCUT2D eigenvalue weighted by molar-refractivity contribution is 6.31. The molecule has 5 heteroatoms. The van der Waals surface area contributed by atoms with E-state index >= 15 is 0 Å². The number of anilines is 1. The zero-order valence-electron chi connectivity index (χ0n) is 14.4. The summed E-state index contributed by atoms with van der Waals surface area (Å²) in [6.07, 6.45) is 0. The zero-order valence-corrected chi connectivity index (χ0v) is 15.2. The minimum Gasteiger partial charge on any atom is -0.324 e. The van der Waals surface area contributed by atoms with Gasteiger partial charge >= 0.3 is 0 Å². The fourth-order valence-electron chi connectivity index (χ4n) is 2.81. The molecule has 1 amide bonds. The van der Waals surface area contributed by atoms with Crippen LogP contribution in [0.2, 0.25) is 5.02 Å². The number of aryl methyl sites for hydroxylation is 3. The van der Waals surface area contributed by atoms with Crippen LogP contribution in [0.4, 0.5) is 10.1 Å². The number of benzene rings is 2. The molecule has 0 aliphatic carbocycles. The highest BCUT2D eigenvalue weighted by Gasteiger charge is 2.14. The Labute approximate surface area is 147 Å². The molecule has 0 saturated carbocycles. The van der Waals surface area contributed by atoms with Crippen molar-refractivity contribution in [3.05, 3.63) is 63.4 Å². The van der Waals surface area contributed by atoms with Crippen LogP contribution in [-0.4, -0.2) is 24.4 Å². The van der Waals surface area contributed by atoms with Crippen LogP contribution in [0.3, 0.4) is 0 Å². The topological polar surface area (TPSA) is 32.3 Å². The van der Waals surface area contributed by atoms with Gasteiger partial charge in [0.25, 0.3) is 0 Å². The number of hydrogen-bond acceptors (Lipinski definition) is 2. The van der Waals surface area contributed by atoms with E-state index in [-0.39, 0.29) is 24.8 Å². The van der Waals surface area contributed by atoms with E-state index in [1.165, 1.54) is 6.07 Å². The van der Waals surface area contributed by atoms with E-state index in [0.29, 0.717) is 10.6 Å². The first-order valence-electron chi connectivity index (χ1n) is 7.77. The van der Waals surface area contributed by atoms with Gasteiger partial charge in [-0.05, 0) is 51.1 Å². The molecular formula is C19H22ClFN2O. The molecule has 0 aromatic heterocycles. The van der Waals surface area contributed by atoms with Gasteiger partial charge in [0.1, 0.15) is 5.82 Å². The molecule has 128 valence electrons. The Morgan fingerprint density at radius 1 is 1.21 bits per heavy atom. The number of amides is 1. The lowest BCUT2D eigenvalue weighted by molar-refractivity contribution is -0.117. The van der Waals surface area contributed by atoms with Crippen LogP contribution in [-0.2, 0) is 11.3 Å². The Bertz CT molecular complexity index is 718. The molecule has 0 bridgehead atoms. The number of carbonyl (C=O) groups excluding carboxylic acids is 1. The van der Waals surface area contributed by atoms with Gasteiger partial charge in [0.2, 0.25) is 5.91 Å². The third kappa shape index (κ3) is 4.56. The van der Waals surface area contributed by atoms with Crippen molar-refractivity contribution < 1.29 is 9.18 Å². The zero-order chi connectivity index (χ0) is 17.9. The molecule has 3 nitrogen and oxygen atoms in total. The quantitative estimate of drug-likeness (QED) is 0.864. The van der Waals surface area contributed by atoms with E-state index in [2.05, 4.69) is 5.32 Å². The van der Waals surface area contributed by atoms with Crippen molar-refractivity contribution in [1.29, 1.82) is 0 Å². The Balaban J connectivity index is 2.02. The van der Waals surface area contributed by atoms with Gasteiger partial charge in [-0.1, -0.05) is 35.4 Å². The molecular weight excluding hydrogens is 327 g/mol. The first kappa shape index (κ1) is 18.4. The van der Waals surface area contributed by atoms with Crippen LogP contribution in [0.15, 0.2) is 30.3 Å². The maximum Gasteiger partial charge on any atom is 0.238 e. The van der Waals surface area contributed by atoms with E-state index in [1.807, 2.05) is 32.9 Å². The lowest BCUT2D eigenvalue weighted by atomic mass is 10.1. The summed E-state index contributed by atoms with van der Waals surface area (Å²) in [6, 6.07) is 8.65. The SMILES string of the molecule is Cc1cc(C)c(NC(=O)CN(C)Cc2c(F)cccc2Cl)c(C)c1. The molecule has 1 N–H and O–H groups in total. The van der Waals surface area contributed by atoms with E-state index in [1.54, 1.807) is 24.1 Å². The van der Waals surface area contributed by atoms with Gasteiger partial charge in [0, 0.05) is 22.8 Å². The Hall–Kier alpha value is -1.91. The summed E-state index contributed by atoms with van der Waals surface area (Å²) in [4.78, 5) is 14.0. The number of hydrogen-bond donors (Lipinski definition) is 1. The molecule has 2 aromatic carbocycles. The largest absolute Gasteiger partial charge is 0.324 e. The van der Waals surface area contributed by atoms with Crippen LogP contribution in [0.5, 0.6) is 0 Å². The van der Waals surface area contributed by atoms with Crippen molar-refractivity contribution in [3.63, 3.8) is 0 Å². The summed E-state index contributed by atoms with van der Waals surface area (Å²) >= 11 is 6.03. The van der Waals surface area contributed by atoms with Gasteiger partial charge in [-0.25, -0.2) is 4.39 Å². The monoisotopic (exact) mass is 348 g/mol. The second kappa shape index (κ2) is 7.77. The van der Waals surface area contributed by atoms with Crippen molar-refractivity contribution in [3.8, 4) is 0 Å². The van der Waals surface area contributed by atoms with Crippen molar-refractivity contribution in [1.82, 2.24) is 4.90 Å². The van der Waals surface area contributed by atoms with E-state index in [4.69, 9.17) is 11.6 Å². The maximum atomic E-state index is 13.8. The Kier molecular flexibility index (Phi) is 5.97. The lowest BCUT2D eigenvalue weighted by Crippen LogP contribution is -2.30. The number of likely N-dealkylation sites (N-methyl/N-ethyl adjacent to an activating group) is 1. The molecule has 0 aliphatic heterocycles. The molecule has 0 radical (unpaired) electrons. The van der Waals surface area contributed by atoms with Crippen LogP contribution in [0.25, 0.3) is 0 Å². The number of nitrogens with one attached hydrogen (secondary N) is 1. The minimum absolute atomic E-state index is 0.139. The summed E-state index contributed by atoms with van der Waals surface area (Å²) in [7, 11) is 1.76. The van der Waals surface area contributed by atoms with Crippen molar-refractivity contribution in [2.24, 2.45) is 0 Å². The van der Waals surface area contributed by atoms with Gasteiger partial charge in [-0.15, -0.1) is 0 Å². The van der Waals surface area contributed by atoms with Crippen LogP contribution in [0.1, 0.15) is 22.3 Å². The number of rotatable bonds is 5. The fraction of sp³-hybridized carbons (Fsp3) is 0.316. The predicted molar refractivity (Wildman–Crippen MR) is 97.0 cm³/mol. The fourth-order valence-corrected chi connectivity index (χ4v) is 3.03. The molecule has 0 saturated heterocycles. The normalized spacial score (nSPS) is 11.0. The van der Waals surface area contributed by atoms with E-state index in [9.17, 15) is 9.18 Å². The first-order chi connectivity index (χ1) is 11.3. The molecule has 0 fully saturated rings. The Morgan fingerprint density at radius 2 is 1.83 bits per heavy atom. The highest BCUT2D eigenvalue weighted by Crippen LogP contribution is 2.22. The predicted octanol–water partition coefficient (Wildman–Crippen LogP) is 4.47. The molecule has 2 aromatic rings. The maximum absolute atomic E-state index is 13.8. The number of carbonyl (C=O) groups is 1. The number of halogens is 2. The molecule has 0 heterocycles. The van der Waals surface area contributed by atoms with Crippen molar-refractivity contribution in [2.45, 2.75) is 27.3 Å². The third-order valence-corrected chi connectivity index (χ3v) is 4.20. The van der Waals surface area contributed by atoms with Gasteiger partial charge < -0.3 is 5.32 Å². The summed E-state index contributed by atoms with van der Waals surface area (Å²) in [6.45, 7) is 6.39. The summed E-state index contributed by atoms with van der Waals surface area (Å²) in [5.74, 6) is -0.500. The summed E-state index contributed by atoms with van der Waals surface area (Å²) < 4.78 is 13.8. The van der Waals surface area contributed by atoms with E-state index in [0.717, 1.165) is 22.4 Å². The van der Waals surface area contributed by atoms with Gasteiger partial charge in [0.15, 0.2) is 0 Å². The summed E-state index contributed by atoms with van der Waals surface area (Å²) in [5, 5.41) is 3.31. The molecule has 0 aliphatic rings. The third-order valence-electron chi connectivity index (χ3n) is 3.84. The molecule has 0 unspecified atom stereocenters. The number of nitrogens with zero attached hydrogens (tertiary/aromatic N) is 1. The smallest absolute Gasteiger partial charge is 0.238 e. The first-order valence-corrected chi connectivity index (χ1v) is 8.15. The second-order valence-corrected chi connectivity index (χ2v) is 6.60. The standard InChI is InChI=1S/C19H22ClFN2O/c1-12-8-13(2)19(14(3)9-12)22-18(24)11-23(4)10-15-16(20)6-5-7-17(15)21/h5-9H,10-11H2,1-4H3,(H,22,24). The molecule has 24 heavy (non-hydrogen) atoms. The van der Waals surface area contributed by atoms with Crippen LogP contribution >= 0.6 is 11.6 Å². The summed E-state index contributed by atoms with van der Waals surface area (Å²) in [5.41, 5.74) is 4.45. The van der Waals surface area contributed by atoms with Gasteiger partial charge in [-0.2, -0.15) is 0 Å². The second-order valence-electron chi connectivity index (χ2n) is 6.19. The van der Waals surface area contributed by atoms with Crippen molar-refractivity contribution in [2.75, 3.05) is 18.9 Å². The van der Waals surface area contributed by atoms with Gasteiger partial charge in [-0.3, -0.25) is 9.69 Å². The van der Waals surface area contributed by atoms with E-state index < -0.39 is 0 Å². The molecule has 0 atom stereocenters. The van der Waals surface area contributed by atoms with Crippen LogP contribution in [0, 0.1) is 26.6 Å². The molecule has 2 rings (SSSR count). The average Bonchev–Trinajstić information content (AvgIpc) is 2.47. The van der Waals surface area contributed by atoms with Crippen molar-refractivity contribution >= 4 is 23.2 Å². The lowest BCUT2D eigenvalue weighted by Gasteiger charge is -2.19. The van der Waals surface area contributed by atoms with Gasteiger partial charge in [0.05, 0.1) is 6.54 Å². The Morgan fingerprint density at radius 3 is 2.42 bits per heavy atom. The molecule has 0 spiro atoms. The highest BCUT2D eigenvalue weighted by atomic mass is 35.5. The van der Waals surface area contributed by atoms with Crippen LogP contribution < -0.4 is 5.32 Å². The average molecular weight is 349 g/mol.